The van der Waals surface area contributed by atoms with E-state index in [9.17, 15) is 18.0 Å². The van der Waals surface area contributed by atoms with Gasteiger partial charge in [0.25, 0.3) is 5.91 Å². The number of benzene rings is 1. The van der Waals surface area contributed by atoms with Crippen LogP contribution in [0.5, 0.6) is 0 Å². The van der Waals surface area contributed by atoms with Gasteiger partial charge in [-0.25, -0.2) is 4.68 Å². The second-order valence-corrected chi connectivity index (χ2v) is 5.69. The third-order valence-electron chi connectivity index (χ3n) is 4.00. The zero-order chi connectivity index (χ0) is 17.3. The number of aromatic nitrogens is 3. The Bertz CT molecular complexity index is 741. The van der Waals surface area contributed by atoms with Crippen LogP contribution >= 0.6 is 12.4 Å². The predicted molar refractivity (Wildman–Crippen MR) is 86.7 cm³/mol. The number of alkyl halides is 3. The first-order valence-corrected chi connectivity index (χ1v) is 7.50. The maximum Gasteiger partial charge on any atom is 0.418 e. The minimum Gasteiger partial charge on any atom is -0.337 e. The molecule has 10 heteroatoms. The third kappa shape index (κ3) is 4.10. The van der Waals surface area contributed by atoms with Gasteiger partial charge in [-0.2, -0.15) is 13.2 Å². The first kappa shape index (κ1) is 19.2. The highest BCUT2D eigenvalue weighted by atomic mass is 35.5. The smallest absolute Gasteiger partial charge is 0.337 e. The van der Waals surface area contributed by atoms with Crippen LogP contribution in [0, 0.1) is 0 Å². The van der Waals surface area contributed by atoms with Gasteiger partial charge >= 0.3 is 6.18 Å². The van der Waals surface area contributed by atoms with E-state index in [1.54, 1.807) is 4.90 Å². The van der Waals surface area contributed by atoms with Crippen molar-refractivity contribution < 1.29 is 18.0 Å². The van der Waals surface area contributed by atoms with E-state index in [1.165, 1.54) is 24.4 Å². The van der Waals surface area contributed by atoms with Gasteiger partial charge in [0, 0.05) is 19.1 Å². The molecule has 136 valence electrons. The normalized spacial score (nSPS) is 15.8. The molecule has 1 saturated heterocycles. The fourth-order valence-electron chi connectivity index (χ4n) is 2.66. The van der Waals surface area contributed by atoms with E-state index >= 15 is 0 Å². The van der Waals surface area contributed by atoms with Gasteiger partial charge in [-0.15, -0.1) is 17.5 Å². The Morgan fingerprint density at radius 3 is 2.48 bits per heavy atom. The van der Waals surface area contributed by atoms with Crippen LogP contribution in [0.2, 0.25) is 0 Å². The number of likely N-dealkylation sites (tertiary alicyclic amines) is 1. The zero-order valence-corrected chi connectivity index (χ0v) is 13.9. The summed E-state index contributed by atoms with van der Waals surface area (Å²) in [5, 5.41) is 7.42. The SMILES string of the molecule is Cl.NC1CCN(C(=O)c2cn(-c3ccccc3C(F)(F)F)nn2)CC1. The van der Waals surface area contributed by atoms with Crippen molar-refractivity contribution in [2.45, 2.75) is 25.1 Å². The second-order valence-electron chi connectivity index (χ2n) is 5.69. The van der Waals surface area contributed by atoms with Gasteiger partial charge in [0.1, 0.15) is 0 Å². The minimum absolute atomic E-state index is 0. The van der Waals surface area contributed by atoms with E-state index < -0.39 is 11.7 Å². The van der Waals surface area contributed by atoms with Crippen molar-refractivity contribution in [3.63, 3.8) is 0 Å². The molecule has 0 saturated carbocycles. The molecule has 0 aliphatic carbocycles. The van der Waals surface area contributed by atoms with Crippen LogP contribution in [0.1, 0.15) is 28.9 Å². The van der Waals surface area contributed by atoms with E-state index in [1.807, 2.05) is 0 Å². The Hall–Kier alpha value is -2.13. The lowest BCUT2D eigenvalue weighted by Crippen LogP contribution is -2.43. The topological polar surface area (TPSA) is 77.0 Å². The van der Waals surface area contributed by atoms with Gasteiger partial charge < -0.3 is 10.6 Å². The number of halogens is 4. The van der Waals surface area contributed by atoms with Crippen molar-refractivity contribution in [2.75, 3.05) is 13.1 Å². The highest BCUT2D eigenvalue weighted by molar-refractivity contribution is 5.92. The van der Waals surface area contributed by atoms with Gasteiger partial charge in [-0.3, -0.25) is 4.79 Å². The summed E-state index contributed by atoms with van der Waals surface area (Å²) in [7, 11) is 0. The molecule has 2 aromatic rings. The Labute approximate surface area is 148 Å². The molecule has 1 amide bonds. The molecule has 3 rings (SSSR count). The van der Waals surface area contributed by atoms with E-state index in [0.717, 1.165) is 10.7 Å². The molecular formula is C15H17ClF3N5O. The van der Waals surface area contributed by atoms with E-state index in [4.69, 9.17) is 5.73 Å². The van der Waals surface area contributed by atoms with Crippen LogP contribution in [-0.4, -0.2) is 44.9 Å². The number of rotatable bonds is 2. The highest BCUT2D eigenvalue weighted by Gasteiger charge is 2.34. The summed E-state index contributed by atoms with van der Waals surface area (Å²) in [6.07, 6.45) is -1.91. The average Bonchev–Trinajstić information content (AvgIpc) is 3.04. The Morgan fingerprint density at radius 2 is 1.84 bits per heavy atom. The number of piperidine rings is 1. The Balaban J connectivity index is 0.00000225. The van der Waals surface area contributed by atoms with Crippen LogP contribution in [0.3, 0.4) is 0 Å². The maximum atomic E-state index is 13.1. The molecule has 1 aromatic carbocycles. The van der Waals surface area contributed by atoms with Crippen molar-refractivity contribution in [1.29, 1.82) is 0 Å². The van der Waals surface area contributed by atoms with Gasteiger partial charge in [-0.1, -0.05) is 17.3 Å². The number of hydrogen-bond donors (Lipinski definition) is 1. The fourth-order valence-corrected chi connectivity index (χ4v) is 2.66. The first-order chi connectivity index (χ1) is 11.4. The summed E-state index contributed by atoms with van der Waals surface area (Å²) in [5.41, 5.74) is 4.81. The molecule has 0 spiro atoms. The van der Waals surface area contributed by atoms with Crippen molar-refractivity contribution in [1.82, 2.24) is 19.9 Å². The maximum absolute atomic E-state index is 13.1. The molecule has 0 unspecified atom stereocenters. The zero-order valence-electron chi connectivity index (χ0n) is 13.1. The first-order valence-electron chi connectivity index (χ1n) is 7.50. The molecular weight excluding hydrogens is 359 g/mol. The predicted octanol–water partition coefficient (Wildman–Crippen LogP) is 2.27. The van der Waals surface area contributed by atoms with Gasteiger partial charge in [-0.05, 0) is 25.0 Å². The van der Waals surface area contributed by atoms with Crippen LogP contribution < -0.4 is 5.73 Å². The number of carbonyl (C=O) groups is 1. The van der Waals surface area contributed by atoms with Crippen LogP contribution in [-0.2, 0) is 6.18 Å². The summed E-state index contributed by atoms with van der Waals surface area (Å²) in [6.45, 7) is 1.01. The summed E-state index contributed by atoms with van der Waals surface area (Å²) < 4.78 is 40.2. The molecule has 1 aliphatic rings. The standard InChI is InChI=1S/C15H16F3N5O.ClH/c16-15(17,18)11-3-1-2-4-13(11)23-9-12(20-21-23)14(24)22-7-5-10(19)6-8-22;/h1-4,9-10H,5-8,19H2;1H. The molecule has 0 atom stereocenters. The van der Waals surface area contributed by atoms with Gasteiger partial charge in [0.05, 0.1) is 17.4 Å². The number of amides is 1. The van der Waals surface area contributed by atoms with Crippen molar-refractivity contribution in [3.8, 4) is 5.69 Å². The number of hydrogen-bond acceptors (Lipinski definition) is 4. The summed E-state index contributed by atoms with van der Waals surface area (Å²) in [4.78, 5) is 14.0. The lowest BCUT2D eigenvalue weighted by atomic mass is 10.1. The lowest BCUT2D eigenvalue weighted by Gasteiger charge is -2.29. The quantitative estimate of drug-likeness (QED) is 0.873. The molecule has 25 heavy (non-hydrogen) atoms. The molecule has 1 fully saturated rings. The average molecular weight is 376 g/mol. The minimum atomic E-state index is -4.52. The van der Waals surface area contributed by atoms with Crippen LogP contribution in [0.15, 0.2) is 30.5 Å². The number of nitrogens with two attached hydrogens (primary N) is 1. The number of nitrogens with zero attached hydrogens (tertiary/aromatic N) is 4. The van der Waals surface area contributed by atoms with E-state index in [0.29, 0.717) is 25.9 Å². The number of para-hydroxylation sites is 1. The monoisotopic (exact) mass is 375 g/mol. The van der Waals surface area contributed by atoms with Crippen molar-refractivity contribution >= 4 is 18.3 Å². The Morgan fingerprint density at radius 1 is 1.20 bits per heavy atom. The lowest BCUT2D eigenvalue weighted by molar-refractivity contribution is -0.137. The molecule has 1 aromatic heterocycles. The second kappa shape index (κ2) is 7.40. The molecule has 6 nitrogen and oxygen atoms in total. The van der Waals surface area contributed by atoms with E-state index in [-0.39, 0.29) is 35.7 Å². The molecule has 1 aliphatic heterocycles. The summed E-state index contributed by atoms with van der Waals surface area (Å²) >= 11 is 0. The van der Waals surface area contributed by atoms with Crippen molar-refractivity contribution in [2.24, 2.45) is 5.73 Å². The molecule has 2 N–H and O–H groups in total. The summed E-state index contributed by atoms with van der Waals surface area (Å²) in [6, 6.07) is 5.09. The van der Waals surface area contributed by atoms with Crippen LogP contribution in [0.4, 0.5) is 13.2 Å². The fraction of sp³-hybridized carbons (Fsp3) is 0.400. The van der Waals surface area contributed by atoms with Gasteiger partial charge in [0.15, 0.2) is 5.69 Å². The molecule has 0 radical (unpaired) electrons. The van der Waals surface area contributed by atoms with Gasteiger partial charge in [0.2, 0.25) is 0 Å². The highest BCUT2D eigenvalue weighted by Crippen LogP contribution is 2.33. The molecule has 0 bridgehead atoms. The Kier molecular flexibility index (Phi) is 5.69. The third-order valence-corrected chi connectivity index (χ3v) is 4.00. The summed E-state index contributed by atoms with van der Waals surface area (Å²) in [5.74, 6) is -0.349. The van der Waals surface area contributed by atoms with Crippen LogP contribution in [0.25, 0.3) is 5.69 Å². The largest absolute Gasteiger partial charge is 0.418 e. The van der Waals surface area contributed by atoms with E-state index in [2.05, 4.69) is 10.3 Å². The number of carbonyl (C=O) groups excluding carboxylic acids is 1. The molecule has 2 heterocycles. The van der Waals surface area contributed by atoms with Crippen molar-refractivity contribution in [3.05, 3.63) is 41.7 Å².